The van der Waals surface area contributed by atoms with Crippen molar-refractivity contribution in [3.05, 3.63) is 0 Å². The Kier molecular flexibility index (Phi) is 5.33. The van der Waals surface area contributed by atoms with Crippen molar-refractivity contribution in [3.63, 3.8) is 0 Å². The molecule has 0 bridgehead atoms. The summed E-state index contributed by atoms with van der Waals surface area (Å²) in [4.78, 5) is 35.0. The summed E-state index contributed by atoms with van der Waals surface area (Å²) in [6.07, 6.45) is 0.847. The number of carbonyl (C=O) groups is 3. The Morgan fingerprint density at radius 2 is 2.00 bits per heavy atom. The van der Waals surface area contributed by atoms with E-state index in [9.17, 15) is 14.4 Å². The molecule has 2 N–H and O–H groups in total. The normalized spacial score (nSPS) is 23.4. The highest BCUT2D eigenvalue weighted by atomic mass is 16.6. The van der Waals surface area contributed by atoms with Crippen molar-refractivity contribution < 1.29 is 29.0 Å². The van der Waals surface area contributed by atoms with Gasteiger partial charge in [0.05, 0.1) is 6.42 Å². The molecule has 1 rings (SSSR count). The van der Waals surface area contributed by atoms with Gasteiger partial charge in [-0.05, 0) is 40.5 Å². The van der Waals surface area contributed by atoms with E-state index in [-0.39, 0.29) is 0 Å². The first-order valence-electron chi connectivity index (χ1n) is 6.93. The third-order valence-electron chi connectivity index (χ3n) is 3.09. The van der Waals surface area contributed by atoms with Crippen molar-refractivity contribution in [1.29, 1.82) is 0 Å². The minimum Gasteiger partial charge on any atom is -0.480 e. The second-order valence-corrected chi connectivity index (χ2v) is 6.34. The van der Waals surface area contributed by atoms with Gasteiger partial charge in [0.15, 0.2) is 0 Å². The standard InChI is InChI=1S/C14H23NO6/c1-13(2,3)21-10(16)8-9(11(17)18)15-12(19)14(4)6-5-7-20-14/h9H,5-8H2,1-4H3,(H,15,19)(H,17,18)/t9-,14?/m0/s1. The van der Waals surface area contributed by atoms with Gasteiger partial charge in [0.25, 0.3) is 5.91 Å². The molecule has 1 fully saturated rings. The van der Waals surface area contributed by atoms with Crippen LogP contribution in [0.3, 0.4) is 0 Å². The predicted molar refractivity (Wildman–Crippen MR) is 73.6 cm³/mol. The van der Waals surface area contributed by atoms with Gasteiger partial charge in [-0.1, -0.05) is 0 Å². The molecule has 0 radical (unpaired) electrons. The molecular weight excluding hydrogens is 278 g/mol. The molecule has 7 nitrogen and oxygen atoms in total. The average Bonchev–Trinajstić information content (AvgIpc) is 2.73. The van der Waals surface area contributed by atoms with Crippen molar-refractivity contribution in [2.24, 2.45) is 0 Å². The zero-order valence-electron chi connectivity index (χ0n) is 12.9. The number of rotatable bonds is 5. The third-order valence-corrected chi connectivity index (χ3v) is 3.09. The first-order chi connectivity index (χ1) is 9.53. The maximum absolute atomic E-state index is 12.1. The van der Waals surface area contributed by atoms with E-state index in [0.717, 1.165) is 6.42 Å². The van der Waals surface area contributed by atoms with Gasteiger partial charge in [-0.25, -0.2) is 4.79 Å². The van der Waals surface area contributed by atoms with E-state index >= 15 is 0 Å². The van der Waals surface area contributed by atoms with Gasteiger partial charge in [-0.15, -0.1) is 0 Å². The lowest BCUT2D eigenvalue weighted by Crippen LogP contribution is -2.51. The van der Waals surface area contributed by atoms with Crippen LogP contribution < -0.4 is 5.32 Å². The zero-order valence-corrected chi connectivity index (χ0v) is 12.9. The molecule has 0 saturated carbocycles. The molecular formula is C14H23NO6. The van der Waals surface area contributed by atoms with Crippen molar-refractivity contribution in [2.45, 2.75) is 64.2 Å². The van der Waals surface area contributed by atoms with Crippen LogP contribution in [0.2, 0.25) is 0 Å². The summed E-state index contributed by atoms with van der Waals surface area (Å²) >= 11 is 0. The quantitative estimate of drug-likeness (QED) is 0.730. The number of esters is 1. The predicted octanol–water partition coefficient (Wildman–Crippen LogP) is 0.857. The lowest BCUT2D eigenvalue weighted by Gasteiger charge is -2.25. The van der Waals surface area contributed by atoms with Crippen LogP contribution in [-0.2, 0) is 23.9 Å². The Bertz CT molecular complexity index is 420. The van der Waals surface area contributed by atoms with Crippen molar-refractivity contribution in [3.8, 4) is 0 Å². The number of carboxylic acids is 1. The van der Waals surface area contributed by atoms with Crippen LogP contribution in [0, 0.1) is 0 Å². The highest BCUT2D eigenvalue weighted by Crippen LogP contribution is 2.25. The van der Waals surface area contributed by atoms with Crippen LogP contribution in [0.1, 0.15) is 47.0 Å². The monoisotopic (exact) mass is 301 g/mol. The maximum Gasteiger partial charge on any atom is 0.326 e. The molecule has 2 atom stereocenters. The number of hydrogen-bond donors (Lipinski definition) is 2. The van der Waals surface area contributed by atoms with E-state index in [0.29, 0.717) is 13.0 Å². The lowest BCUT2D eigenvalue weighted by molar-refractivity contribution is -0.159. The molecule has 1 aliphatic heterocycles. The molecule has 1 heterocycles. The van der Waals surface area contributed by atoms with E-state index in [4.69, 9.17) is 14.6 Å². The van der Waals surface area contributed by atoms with Gasteiger partial charge >= 0.3 is 11.9 Å². The number of aliphatic carboxylic acids is 1. The molecule has 120 valence electrons. The average molecular weight is 301 g/mol. The molecule has 7 heteroatoms. The molecule has 0 aromatic rings. The summed E-state index contributed by atoms with van der Waals surface area (Å²) in [6, 6.07) is -1.33. The molecule has 1 unspecified atom stereocenters. The van der Waals surface area contributed by atoms with Gasteiger partial charge in [0, 0.05) is 6.61 Å². The number of amides is 1. The van der Waals surface area contributed by atoms with Crippen molar-refractivity contribution in [2.75, 3.05) is 6.61 Å². The Hall–Kier alpha value is -1.63. The Morgan fingerprint density at radius 3 is 2.43 bits per heavy atom. The Morgan fingerprint density at radius 1 is 1.38 bits per heavy atom. The number of ether oxygens (including phenoxy) is 2. The van der Waals surface area contributed by atoms with E-state index in [1.54, 1.807) is 27.7 Å². The summed E-state index contributed by atoms with van der Waals surface area (Å²) in [5.74, 6) is -2.47. The van der Waals surface area contributed by atoms with E-state index in [1.165, 1.54) is 0 Å². The van der Waals surface area contributed by atoms with Gasteiger partial charge in [-0.3, -0.25) is 9.59 Å². The molecule has 1 amide bonds. The molecule has 1 saturated heterocycles. The highest BCUT2D eigenvalue weighted by molar-refractivity contribution is 5.91. The number of nitrogens with one attached hydrogen (secondary N) is 1. The number of carboxylic acid groups (broad SMARTS) is 1. The SMILES string of the molecule is CC(C)(C)OC(=O)C[C@H](NC(=O)C1(C)CCCO1)C(=O)O. The second kappa shape index (κ2) is 6.43. The van der Waals surface area contributed by atoms with Crippen LogP contribution >= 0.6 is 0 Å². The summed E-state index contributed by atoms with van der Waals surface area (Å²) in [5, 5.41) is 11.5. The van der Waals surface area contributed by atoms with Gasteiger partial charge in [0.1, 0.15) is 17.2 Å². The van der Waals surface area contributed by atoms with Gasteiger partial charge in [-0.2, -0.15) is 0 Å². The molecule has 0 aromatic carbocycles. The van der Waals surface area contributed by atoms with Gasteiger partial charge < -0.3 is 19.9 Å². The zero-order chi connectivity index (χ0) is 16.3. The highest BCUT2D eigenvalue weighted by Gasteiger charge is 2.40. The van der Waals surface area contributed by atoms with Crippen LogP contribution in [0.25, 0.3) is 0 Å². The maximum atomic E-state index is 12.1. The first kappa shape index (κ1) is 17.4. The topological polar surface area (TPSA) is 102 Å². The minimum absolute atomic E-state index is 0.422. The minimum atomic E-state index is -1.33. The first-order valence-corrected chi connectivity index (χ1v) is 6.93. The van der Waals surface area contributed by atoms with E-state index < -0.39 is 41.5 Å². The van der Waals surface area contributed by atoms with E-state index in [1.807, 2.05) is 0 Å². The fourth-order valence-corrected chi connectivity index (χ4v) is 2.02. The Balaban J connectivity index is 2.64. The van der Waals surface area contributed by atoms with E-state index in [2.05, 4.69) is 5.32 Å². The van der Waals surface area contributed by atoms with Gasteiger partial charge in [0.2, 0.25) is 0 Å². The summed E-state index contributed by atoms with van der Waals surface area (Å²) in [7, 11) is 0. The third kappa shape index (κ3) is 5.34. The van der Waals surface area contributed by atoms with Crippen LogP contribution in [0.4, 0.5) is 0 Å². The molecule has 0 aliphatic carbocycles. The summed E-state index contributed by atoms with van der Waals surface area (Å²) in [5.41, 5.74) is -1.73. The number of carbonyl (C=O) groups excluding carboxylic acids is 2. The molecule has 0 spiro atoms. The van der Waals surface area contributed by atoms with Crippen molar-refractivity contribution >= 4 is 17.8 Å². The smallest absolute Gasteiger partial charge is 0.326 e. The molecule has 21 heavy (non-hydrogen) atoms. The fourth-order valence-electron chi connectivity index (χ4n) is 2.02. The number of hydrogen-bond acceptors (Lipinski definition) is 5. The van der Waals surface area contributed by atoms with Crippen LogP contribution in [0.5, 0.6) is 0 Å². The van der Waals surface area contributed by atoms with Crippen molar-refractivity contribution in [1.82, 2.24) is 5.32 Å². The fraction of sp³-hybridized carbons (Fsp3) is 0.786. The van der Waals surface area contributed by atoms with Crippen LogP contribution in [0.15, 0.2) is 0 Å². The lowest BCUT2D eigenvalue weighted by atomic mass is 10.0. The second-order valence-electron chi connectivity index (χ2n) is 6.34. The largest absolute Gasteiger partial charge is 0.480 e. The molecule has 1 aliphatic rings. The summed E-state index contributed by atoms with van der Waals surface area (Å²) < 4.78 is 10.4. The van der Waals surface area contributed by atoms with Crippen LogP contribution in [-0.4, -0.2) is 46.8 Å². The summed E-state index contributed by atoms with van der Waals surface area (Å²) in [6.45, 7) is 7.14. The Labute approximate surface area is 124 Å². The molecule has 0 aromatic heterocycles.